The lowest BCUT2D eigenvalue weighted by Crippen LogP contribution is -2.57. The smallest absolute Gasteiger partial charge is 0.327 e. The lowest BCUT2D eigenvalue weighted by Gasteiger charge is -2.43. The summed E-state index contributed by atoms with van der Waals surface area (Å²) in [5, 5.41) is 0. The molecule has 1 atom stereocenters. The second kappa shape index (κ2) is 9.96. The fourth-order valence-corrected chi connectivity index (χ4v) is 5.33. The summed E-state index contributed by atoms with van der Waals surface area (Å²) in [7, 11) is 1.60. The number of ether oxygens (including phenoxy) is 1. The first-order chi connectivity index (χ1) is 15.1. The summed E-state index contributed by atoms with van der Waals surface area (Å²) < 4.78 is 5.16. The molecule has 1 spiro atoms. The molecule has 2 heterocycles. The zero-order valence-electron chi connectivity index (χ0n) is 18.7. The molecule has 3 amide bonds. The maximum atomic E-state index is 13.5. The number of nitrogens with zero attached hydrogens (tertiary/aromatic N) is 3. The first kappa shape index (κ1) is 22.0. The number of likely N-dealkylation sites (tertiary alicyclic amines) is 1. The second-order valence-electron chi connectivity index (χ2n) is 9.10. The number of hydrogen-bond acceptors (Lipinski definition) is 4. The van der Waals surface area contributed by atoms with Gasteiger partial charge in [0.2, 0.25) is 0 Å². The van der Waals surface area contributed by atoms with Crippen LogP contribution in [0.5, 0.6) is 0 Å². The summed E-state index contributed by atoms with van der Waals surface area (Å²) in [6, 6.07) is 10.1. The van der Waals surface area contributed by atoms with Gasteiger partial charge in [0.25, 0.3) is 5.91 Å². The van der Waals surface area contributed by atoms with Crippen LogP contribution in [0.3, 0.4) is 0 Å². The molecule has 0 radical (unpaired) electrons. The van der Waals surface area contributed by atoms with E-state index >= 15 is 0 Å². The van der Waals surface area contributed by atoms with Crippen LogP contribution in [-0.4, -0.2) is 78.6 Å². The Balaban J connectivity index is 1.46. The highest BCUT2D eigenvalue weighted by molar-refractivity contribution is 6.07. The third-order valence-electron chi connectivity index (χ3n) is 7.18. The molecule has 0 N–H and O–H groups in total. The van der Waals surface area contributed by atoms with Gasteiger partial charge in [-0.1, -0.05) is 42.5 Å². The van der Waals surface area contributed by atoms with Crippen molar-refractivity contribution in [3.63, 3.8) is 0 Å². The Bertz CT molecular complexity index is 786. The number of hydrogen-bond donors (Lipinski definition) is 0. The molecule has 6 nitrogen and oxygen atoms in total. The molecule has 1 aromatic carbocycles. The van der Waals surface area contributed by atoms with Gasteiger partial charge in [0.1, 0.15) is 5.54 Å². The van der Waals surface area contributed by atoms with E-state index in [0.29, 0.717) is 25.6 Å². The van der Waals surface area contributed by atoms with Crippen molar-refractivity contribution in [3.05, 3.63) is 48.0 Å². The molecule has 3 aliphatic rings. The quantitative estimate of drug-likeness (QED) is 0.474. The Morgan fingerprint density at radius 2 is 1.84 bits per heavy atom. The van der Waals surface area contributed by atoms with Crippen LogP contribution in [0.15, 0.2) is 42.5 Å². The van der Waals surface area contributed by atoms with Gasteiger partial charge in [0.15, 0.2) is 0 Å². The maximum Gasteiger partial charge on any atom is 0.327 e. The molecule has 2 saturated heterocycles. The normalized spacial score (nSPS) is 23.8. The number of carbonyl (C=O) groups excluding carboxylic acids is 2. The summed E-state index contributed by atoms with van der Waals surface area (Å²) in [6.45, 7) is 4.13. The Morgan fingerprint density at radius 3 is 2.52 bits per heavy atom. The summed E-state index contributed by atoms with van der Waals surface area (Å²) in [6.07, 6.45) is 10.4. The van der Waals surface area contributed by atoms with E-state index in [1.807, 2.05) is 23.1 Å². The SMILES string of the molecule is COCCN1C(=O)N(CCc2ccccc2)C2(CCN(CC3CC=CCC3)CC2)C1=O. The average molecular weight is 426 g/mol. The lowest BCUT2D eigenvalue weighted by atomic mass is 9.84. The number of carbonyl (C=O) groups is 2. The predicted molar refractivity (Wildman–Crippen MR) is 121 cm³/mol. The average Bonchev–Trinajstić information content (AvgIpc) is 2.99. The Morgan fingerprint density at radius 1 is 1.06 bits per heavy atom. The van der Waals surface area contributed by atoms with Gasteiger partial charge in [-0.05, 0) is 50.0 Å². The topological polar surface area (TPSA) is 53.1 Å². The van der Waals surface area contributed by atoms with Crippen LogP contribution in [0.4, 0.5) is 4.79 Å². The molecular formula is C25H35N3O3. The highest BCUT2D eigenvalue weighted by Gasteiger charge is 2.57. The van der Waals surface area contributed by atoms with Crippen LogP contribution in [0, 0.1) is 5.92 Å². The van der Waals surface area contributed by atoms with Crippen molar-refractivity contribution in [2.45, 2.75) is 44.1 Å². The minimum Gasteiger partial charge on any atom is -0.383 e. The van der Waals surface area contributed by atoms with Gasteiger partial charge in [0.05, 0.1) is 13.2 Å². The molecule has 6 heteroatoms. The molecule has 31 heavy (non-hydrogen) atoms. The van der Waals surface area contributed by atoms with E-state index in [4.69, 9.17) is 4.74 Å². The van der Waals surface area contributed by atoms with Crippen LogP contribution in [-0.2, 0) is 16.0 Å². The Labute approximate surface area is 185 Å². The van der Waals surface area contributed by atoms with E-state index < -0.39 is 5.54 Å². The molecular weight excluding hydrogens is 390 g/mol. The van der Waals surface area contributed by atoms with Gasteiger partial charge in [-0.2, -0.15) is 0 Å². The number of piperidine rings is 1. The molecule has 1 aromatic rings. The number of imide groups is 1. The lowest BCUT2D eigenvalue weighted by molar-refractivity contribution is -0.136. The summed E-state index contributed by atoms with van der Waals surface area (Å²) in [5.74, 6) is 0.690. The summed E-state index contributed by atoms with van der Waals surface area (Å²) in [5.41, 5.74) is 0.499. The van der Waals surface area contributed by atoms with E-state index in [9.17, 15) is 9.59 Å². The maximum absolute atomic E-state index is 13.5. The fourth-order valence-electron chi connectivity index (χ4n) is 5.33. The number of methoxy groups -OCH3 is 1. The first-order valence-corrected chi connectivity index (χ1v) is 11.7. The first-order valence-electron chi connectivity index (χ1n) is 11.7. The van der Waals surface area contributed by atoms with Crippen molar-refractivity contribution in [3.8, 4) is 0 Å². The number of amides is 3. The number of allylic oxidation sites excluding steroid dienone is 2. The van der Waals surface area contributed by atoms with Gasteiger partial charge in [-0.15, -0.1) is 0 Å². The predicted octanol–water partition coefficient (Wildman–Crippen LogP) is 3.33. The highest BCUT2D eigenvalue weighted by atomic mass is 16.5. The van der Waals surface area contributed by atoms with Crippen LogP contribution >= 0.6 is 0 Å². The number of benzene rings is 1. The molecule has 0 saturated carbocycles. The van der Waals surface area contributed by atoms with Gasteiger partial charge >= 0.3 is 6.03 Å². The zero-order valence-corrected chi connectivity index (χ0v) is 18.7. The zero-order chi connectivity index (χ0) is 21.7. The third-order valence-corrected chi connectivity index (χ3v) is 7.18. The molecule has 2 fully saturated rings. The fraction of sp³-hybridized carbons (Fsp3) is 0.600. The number of urea groups is 1. The van der Waals surface area contributed by atoms with Crippen molar-refractivity contribution >= 4 is 11.9 Å². The Hall–Kier alpha value is -2.18. The molecule has 0 aromatic heterocycles. The van der Waals surface area contributed by atoms with E-state index in [2.05, 4.69) is 29.2 Å². The van der Waals surface area contributed by atoms with Gasteiger partial charge in [0, 0.05) is 33.3 Å². The number of rotatable bonds is 8. The van der Waals surface area contributed by atoms with Crippen molar-refractivity contribution in [1.82, 2.24) is 14.7 Å². The third kappa shape index (κ3) is 4.70. The van der Waals surface area contributed by atoms with Crippen LogP contribution in [0.1, 0.15) is 37.7 Å². The molecule has 2 aliphatic heterocycles. The van der Waals surface area contributed by atoms with Gasteiger partial charge in [-0.25, -0.2) is 4.79 Å². The van der Waals surface area contributed by atoms with Crippen molar-refractivity contribution in [1.29, 1.82) is 0 Å². The molecule has 1 aliphatic carbocycles. The monoisotopic (exact) mass is 425 g/mol. The van der Waals surface area contributed by atoms with Crippen LogP contribution in [0.2, 0.25) is 0 Å². The summed E-state index contributed by atoms with van der Waals surface area (Å²) >= 11 is 0. The van der Waals surface area contributed by atoms with Crippen LogP contribution in [0.25, 0.3) is 0 Å². The highest BCUT2D eigenvalue weighted by Crippen LogP contribution is 2.38. The molecule has 0 bridgehead atoms. The van der Waals surface area contributed by atoms with Gasteiger partial charge < -0.3 is 14.5 Å². The molecule has 4 rings (SSSR count). The molecule has 1 unspecified atom stereocenters. The van der Waals surface area contributed by atoms with Crippen molar-refractivity contribution in [2.75, 3.05) is 46.4 Å². The van der Waals surface area contributed by atoms with Crippen molar-refractivity contribution in [2.24, 2.45) is 5.92 Å². The Kier molecular flexibility index (Phi) is 7.08. The summed E-state index contributed by atoms with van der Waals surface area (Å²) in [4.78, 5) is 32.6. The molecule has 168 valence electrons. The van der Waals surface area contributed by atoms with Gasteiger partial charge in [-0.3, -0.25) is 9.69 Å². The minimum atomic E-state index is -0.692. The van der Waals surface area contributed by atoms with E-state index in [1.165, 1.54) is 23.3 Å². The van der Waals surface area contributed by atoms with E-state index in [1.54, 1.807) is 7.11 Å². The van der Waals surface area contributed by atoms with Crippen LogP contribution < -0.4 is 0 Å². The standard InChI is InChI=1S/C25H35N3O3/c1-31-19-18-27-23(29)25(28(24(27)30)15-12-21-8-4-2-5-9-21)13-16-26(17-14-25)20-22-10-6-3-7-11-22/h2-6,8-9,22H,7,10-20H2,1H3. The van der Waals surface area contributed by atoms with E-state index in [-0.39, 0.29) is 11.9 Å². The van der Waals surface area contributed by atoms with Crippen molar-refractivity contribution < 1.29 is 14.3 Å². The van der Waals surface area contributed by atoms with E-state index in [0.717, 1.165) is 45.3 Å². The second-order valence-corrected chi connectivity index (χ2v) is 9.10. The minimum absolute atomic E-state index is 0.0251. The largest absolute Gasteiger partial charge is 0.383 e.